The number of hydrogen-bond donors (Lipinski definition) is 1. The smallest absolute Gasteiger partial charge is 0.0516 e. The van der Waals surface area contributed by atoms with Crippen LogP contribution in [-0.2, 0) is 4.74 Å². The van der Waals surface area contributed by atoms with Gasteiger partial charge in [0.15, 0.2) is 0 Å². The molecule has 0 spiro atoms. The van der Waals surface area contributed by atoms with E-state index < -0.39 is 0 Å². The zero-order chi connectivity index (χ0) is 8.23. The Hall–Kier alpha value is -0.120. The minimum absolute atomic E-state index is 0.861. The molecular weight excluding hydrogens is 152 g/mol. The first kappa shape index (κ1) is 8.48. The van der Waals surface area contributed by atoms with Crippen molar-refractivity contribution in [3.8, 4) is 0 Å². The molecule has 2 saturated heterocycles. The molecule has 0 amide bonds. The molecule has 0 radical (unpaired) electrons. The fraction of sp³-hybridized carbons (Fsp3) is 1.00. The van der Waals surface area contributed by atoms with E-state index in [2.05, 4.69) is 10.2 Å². The maximum absolute atomic E-state index is 5.14. The Kier molecular flexibility index (Phi) is 2.98. The molecule has 0 bridgehead atoms. The lowest BCUT2D eigenvalue weighted by Gasteiger charge is -2.31. The summed E-state index contributed by atoms with van der Waals surface area (Å²) in [6.07, 6.45) is 1.33. The van der Waals surface area contributed by atoms with E-state index in [0.717, 1.165) is 19.1 Å². The Morgan fingerprint density at radius 3 is 2.58 bits per heavy atom. The van der Waals surface area contributed by atoms with Crippen molar-refractivity contribution in [3.63, 3.8) is 0 Å². The quantitative estimate of drug-likeness (QED) is 0.641. The van der Waals surface area contributed by atoms with Crippen LogP contribution in [-0.4, -0.2) is 50.8 Å². The molecule has 2 heterocycles. The SMILES string of the molecule is C1CN(CCC2COC2)CCN1. The van der Waals surface area contributed by atoms with E-state index in [1.807, 2.05) is 0 Å². The van der Waals surface area contributed by atoms with E-state index in [-0.39, 0.29) is 0 Å². The van der Waals surface area contributed by atoms with Crippen molar-refractivity contribution >= 4 is 0 Å². The van der Waals surface area contributed by atoms with E-state index in [0.29, 0.717) is 0 Å². The summed E-state index contributed by atoms with van der Waals surface area (Å²) >= 11 is 0. The Morgan fingerprint density at radius 1 is 1.25 bits per heavy atom. The number of ether oxygens (including phenoxy) is 1. The first-order valence-corrected chi connectivity index (χ1v) is 4.96. The monoisotopic (exact) mass is 170 g/mol. The van der Waals surface area contributed by atoms with Gasteiger partial charge >= 0.3 is 0 Å². The average Bonchev–Trinajstić information content (AvgIpc) is 2.04. The molecular formula is C9H18N2O. The number of rotatable bonds is 3. The lowest BCUT2D eigenvalue weighted by atomic mass is 10.0. The summed E-state index contributed by atoms with van der Waals surface area (Å²) in [5, 5.41) is 3.36. The molecule has 3 nitrogen and oxygen atoms in total. The van der Waals surface area contributed by atoms with Crippen molar-refractivity contribution in [2.45, 2.75) is 6.42 Å². The molecule has 0 unspecified atom stereocenters. The van der Waals surface area contributed by atoms with Gasteiger partial charge in [-0.05, 0) is 13.0 Å². The molecule has 0 atom stereocenters. The molecule has 0 aromatic heterocycles. The van der Waals surface area contributed by atoms with Crippen LogP contribution in [0.1, 0.15) is 6.42 Å². The number of nitrogens with zero attached hydrogens (tertiary/aromatic N) is 1. The first-order valence-electron chi connectivity index (χ1n) is 4.96. The van der Waals surface area contributed by atoms with E-state index in [1.165, 1.54) is 39.1 Å². The fourth-order valence-electron chi connectivity index (χ4n) is 1.75. The Morgan fingerprint density at radius 2 is 2.00 bits per heavy atom. The van der Waals surface area contributed by atoms with Gasteiger partial charge in [-0.3, -0.25) is 0 Å². The van der Waals surface area contributed by atoms with Crippen LogP contribution in [0.25, 0.3) is 0 Å². The highest BCUT2D eigenvalue weighted by atomic mass is 16.5. The Bertz CT molecular complexity index is 130. The maximum Gasteiger partial charge on any atom is 0.0516 e. The predicted molar refractivity (Wildman–Crippen MR) is 48.2 cm³/mol. The number of piperazine rings is 1. The molecule has 0 aliphatic carbocycles. The summed E-state index contributed by atoms with van der Waals surface area (Å²) in [6, 6.07) is 0. The predicted octanol–water partition coefficient (Wildman–Crippen LogP) is -0.0719. The van der Waals surface area contributed by atoms with Crippen LogP contribution in [0.4, 0.5) is 0 Å². The molecule has 2 aliphatic rings. The van der Waals surface area contributed by atoms with E-state index >= 15 is 0 Å². The van der Waals surface area contributed by atoms with Crippen LogP contribution < -0.4 is 5.32 Å². The molecule has 2 aliphatic heterocycles. The van der Waals surface area contributed by atoms with Crippen molar-refractivity contribution in [3.05, 3.63) is 0 Å². The number of nitrogens with one attached hydrogen (secondary N) is 1. The second-order valence-electron chi connectivity index (χ2n) is 3.78. The summed E-state index contributed by atoms with van der Waals surface area (Å²) in [5.74, 6) is 0.861. The van der Waals surface area contributed by atoms with Crippen molar-refractivity contribution in [2.24, 2.45) is 5.92 Å². The summed E-state index contributed by atoms with van der Waals surface area (Å²) in [6.45, 7) is 8.08. The maximum atomic E-state index is 5.14. The molecule has 2 rings (SSSR count). The highest BCUT2D eigenvalue weighted by Gasteiger charge is 2.19. The van der Waals surface area contributed by atoms with E-state index in [9.17, 15) is 0 Å². The van der Waals surface area contributed by atoms with Gasteiger partial charge in [-0.15, -0.1) is 0 Å². The second-order valence-corrected chi connectivity index (χ2v) is 3.78. The Labute approximate surface area is 74.1 Å². The molecule has 1 N–H and O–H groups in total. The molecule has 0 aromatic carbocycles. The third-order valence-corrected chi connectivity index (χ3v) is 2.77. The topological polar surface area (TPSA) is 24.5 Å². The van der Waals surface area contributed by atoms with Crippen LogP contribution in [0.15, 0.2) is 0 Å². The van der Waals surface area contributed by atoms with Crippen LogP contribution in [0, 0.1) is 5.92 Å². The number of hydrogen-bond acceptors (Lipinski definition) is 3. The van der Waals surface area contributed by atoms with Gasteiger partial charge < -0.3 is 15.0 Å². The van der Waals surface area contributed by atoms with Crippen LogP contribution in [0.3, 0.4) is 0 Å². The van der Waals surface area contributed by atoms with Crippen molar-refractivity contribution in [1.29, 1.82) is 0 Å². The minimum Gasteiger partial charge on any atom is -0.381 e. The minimum atomic E-state index is 0.861. The van der Waals surface area contributed by atoms with Gasteiger partial charge in [0, 0.05) is 32.1 Å². The van der Waals surface area contributed by atoms with Gasteiger partial charge in [-0.1, -0.05) is 0 Å². The third kappa shape index (κ3) is 2.19. The van der Waals surface area contributed by atoms with E-state index in [4.69, 9.17) is 4.74 Å². The molecule has 12 heavy (non-hydrogen) atoms. The van der Waals surface area contributed by atoms with Crippen molar-refractivity contribution < 1.29 is 4.74 Å². The summed E-state index contributed by atoms with van der Waals surface area (Å²) < 4.78 is 5.14. The van der Waals surface area contributed by atoms with Crippen molar-refractivity contribution in [2.75, 3.05) is 45.9 Å². The van der Waals surface area contributed by atoms with Gasteiger partial charge in [0.2, 0.25) is 0 Å². The summed E-state index contributed by atoms with van der Waals surface area (Å²) in [7, 11) is 0. The summed E-state index contributed by atoms with van der Waals surface area (Å²) in [5.41, 5.74) is 0. The standard InChI is InChI=1S/C9H18N2O/c1(9-7-12-8-9)4-11-5-2-10-3-6-11/h9-10H,1-8H2. The highest BCUT2D eigenvalue weighted by Crippen LogP contribution is 2.14. The van der Waals surface area contributed by atoms with Gasteiger partial charge in [0.1, 0.15) is 0 Å². The largest absolute Gasteiger partial charge is 0.381 e. The Balaban J connectivity index is 1.58. The molecule has 0 saturated carbocycles. The normalized spacial score (nSPS) is 27.0. The molecule has 70 valence electrons. The first-order chi connectivity index (χ1) is 5.95. The van der Waals surface area contributed by atoms with Gasteiger partial charge in [-0.25, -0.2) is 0 Å². The molecule has 0 aromatic rings. The zero-order valence-corrected chi connectivity index (χ0v) is 7.59. The molecule has 2 fully saturated rings. The lowest BCUT2D eigenvalue weighted by molar-refractivity contribution is -0.0392. The molecule has 3 heteroatoms. The lowest BCUT2D eigenvalue weighted by Crippen LogP contribution is -2.44. The van der Waals surface area contributed by atoms with Crippen molar-refractivity contribution in [1.82, 2.24) is 10.2 Å². The van der Waals surface area contributed by atoms with Crippen LogP contribution in [0.5, 0.6) is 0 Å². The van der Waals surface area contributed by atoms with E-state index in [1.54, 1.807) is 0 Å². The van der Waals surface area contributed by atoms with Gasteiger partial charge in [0.25, 0.3) is 0 Å². The zero-order valence-electron chi connectivity index (χ0n) is 7.59. The summed E-state index contributed by atoms with van der Waals surface area (Å²) in [4.78, 5) is 2.55. The average molecular weight is 170 g/mol. The highest BCUT2D eigenvalue weighted by molar-refractivity contribution is 4.71. The fourth-order valence-corrected chi connectivity index (χ4v) is 1.75. The van der Waals surface area contributed by atoms with Crippen LogP contribution >= 0.6 is 0 Å². The third-order valence-electron chi connectivity index (χ3n) is 2.77. The second kappa shape index (κ2) is 4.21. The van der Waals surface area contributed by atoms with Gasteiger partial charge in [-0.2, -0.15) is 0 Å². The van der Waals surface area contributed by atoms with Crippen LogP contribution in [0.2, 0.25) is 0 Å². The van der Waals surface area contributed by atoms with Gasteiger partial charge in [0.05, 0.1) is 13.2 Å².